The van der Waals surface area contributed by atoms with Gasteiger partial charge >= 0.3 is 0 Å². The van der Waals surface area contributed by atoms with Crippen molar-refractivity contribution in [3.05, 3.63) is 23.9 Å². The van der Waals surface area contributed by atoms with E-state index >= 15 is 0 Å². The Morgan fingerprint density at radius 3 is 2.57 bits per heavy atom. The fraction of sp³-hybridized carbons (Fsp3) is 0.588. The minimum absolute atomic E-state index is 0.0571. The normalized spacial score (nSPS) is 17.1. The highest BCUT2D eigenvalue weighted by molar-refractivity contribution is 7.99. The summed E-state index contributed by atoms with van der Waals surface area (Å²) in [6, 6.07) is 6.28. The second-order valence-electron chi connectivity index (χ2n) is 6.20. The molecule has 0 radical (unpaired) electrons. The number of pyridine rings is 1. The molecule has 5 nitrogen and oxygen atoms in total. The highest BCUT2D eigenvalue weighted by Gasteiger charge is 2.27. The van der Waals surface area contributed by atoms with Gasteiger partial charge in [-0.3, -0.25) is 9.69 Å². The molecule has 0 saturated carbocycles. The second-order valence-corrected chi connectivity index (χ2v) is 7.19. The van der Waals surface area contributed by atoms with Crippen LogP contribution in [0.3, 0.4) is 0 Å². The van der Waals surface area contributed by atoms with Crippen molar-refractivity contribution in [2.75, 3.05) is 31.9 Å². The Morgan fingerprint density at radius 1 is 1.35 bits per heavy atom. The maximum Gasteiger partial charge on any atom is 0.233 e. The van der Waals surface area contributed by atoms with Crippen LogP contribution >= 0.6 is 11.8 Å². The van der Waals surface area contributed by atoms with E-state index in [1.807, 2.05) is 30.2 Å². The fourth-order valence-corrected chi connectivity index (χ4v) is 3.41. The number of piperazine rings is 1. The number of amides is 1. The van der Waals surface area contributed by atoms with Crippen molar-refractivity contribution in [3.63, 3.8) is 0 Å². The molecule has 1 aliphatic rings. The van der Waals surface area contributed by atoms with Crippen LogP contribution in [-0.2, 0) is 4.79 Å². The van der Waals surface area contributed by atoms with Gasteiger partial charge < -0.3 is 4.90 Å². The molecule has 2 rings (SSSR count). The van der Waals surface area contributed by atoms with Crippen molar-refractivity contribution < 1.29 is 4.79 Å². The molecule has 0 aliphatic carbocycles. The summed E-state index contributed by atoms with van der Waals surface area (Å²) in [5.74, 6) is 0.877. The van der Waals surface area contributed by atoms with Gasteiger partial charge in [-0.2, -0.15) is 5.26 Å². The molecule has 0 bridgehead atoms. The lowest BCUT2D eigenvalue weighted by atomic mass is 10.0. The van der Waals surface area contributed by atoms with Gasteiger partial charge in [0.1, 0.15) is 6.04 Å². The van der Waals surface area contributed by atoms with E-state index in [4.69, 9.17) is 0 Å². The van der Waals surface area contributed by atoms with Crippen molar-refractivity contribution in [1.82, 2.24) is 14.8 Å². The molecule has 6 heteroatoms. The molecule has 1 aromatic rings. The first-order valence-corrected chi connectivity index (χ1v) is 8.96. The molecular formula is C17H24N4OS. The number of aromatic nitrogens is 1. The molecule has 1 aliphatic heterocycles. The number of hydrogen-bond donors (Lipinski definition) is 0. The number of aryl methyl sites for hydroxylation is 1. The molecular weight excluding hydrogens is 308 g/mol. The summed E-state index contributed by atoms with van der Waals surface area (Å²) in [5, 5.41) is 10.2. The first-order chi connectivity index (χ1) is 11.0. The quantitative estimate of drug-likeness (QED) is 0.774. The molecule has 1 atom stereocenters. The number of rotatable bonds is 5. The van der Waals surface area contributed by atoms with Crippen molar-refractivity contribution in [2.45, 2.75) is 31.8 Å². The first-order valence-electron chi connectivity index (χ1n) is 7.98. The first kappa shape index (κ1) is 17.8. The van der Waals surface area contributed by atoms with Crippen LogP contribution in [0, 0.1) is 24.2 Å². The second kappa shape index (κ2) is 8.32. The molecule has 124 valence electrons. The molecule has 0 unspecified atom stereocenters. The topological polar surface area (TPSA) is 60.2 Å². The highest BCUT2D eigenvalue weighted by atomic mass is 32.2. The molecule has 23 heavy (non-hydrogen) atoms. The molecule has 2 heterocycles. The smallest absolute Gasteiger partial charge is 0.233 e. The minimum Gasteiger partial charge on any atom is -0.339 e. The van der Waals surface area contributed by atoms with E-state index in [0.717, 1.165) is 23.7 Å². The van der Waals surface area contributed by atoms with E-state index in [9.17, 15) is 10.1 Å². The van der Waals surface area contributed by atoms with Crippen LogP contribution < -0.4 is 0 Å². The van der Waals surface area contributed by atoms with Gasteiger partial charge in [-0.15, -0.1) is 0 Å². The van der Waals surface area contributed by atoms with Crippen molar-refractivity contribution >= 4 is 17.7 Å². The van der Waals surface area contributed by atoms with E-state index in [0.29, 0.717) is 24.8 Å². The predicted molar refractivity (Wildman–Crippen MR) is 92.1 cm³/mol. The molecule has 1 saturated heterocycles. The number of nitrogens with zero attached hydrogens (tertiary/aromatic N) is 4. The Morgan fingerprint density at radius 2 is 2.04 bits per heavy atom. The van der Waals surface area contributed by atoms with E-state index in [1.54, 1.807) is 0 Å². The summed E-state index contributed by atoms with van der Waals surface area (Å²) >= 11 is 1.48. The van der Waals surface area contributed by atoms with Gasteiger partial charge in [0.15, 0.2) is 0 Å². The minimum atomic E-state index is -0.0571. The van der Waals surface area contributed by atoms with E-state index in [-0.39, 0.29) is 11.9 Å². The number of nitriles is 1. The highest BCUT2D eigenvalue weighted by Crippen LogP contribution is 2.17. The number of thioether (sulfide) groups is 1. The Labute approximate surface area is 142 Å². The van der Waals surface area contributed by atoms with E-state index in [2.05, 4.69) is 29.8 Å². The van der Waals surface area contributed by atoms with Crippen LogP contribution in [0.15, 0.2) is 23.4 Å². The van der Waals surface area contributed by atoms with Crippen LogP contribution in [-0.4, -0.2) is 58.7 Å². The lowest BCUT2D eigenvalue weighted by molar-refractivity contribution is -0.130. The Bertz CT molecular complexity index is 559. The van der Waals surface area contributed by atoms with Crippen molar-refractivity contribution in [3.8, 4) is 6.07 Å². The van der Waals surface area contributed by atoms with Gasteiger partial charge in [-0.25, -0.2) is 4.98 Å². The zero-order chi connectivity index (χ0) is 16.8. The third kappa shape index (κ3) is 4.95. The molecule has 0 aromatic carbocycles. The van der Waals surface area contributed by atoms with Gasteiger partial charge in [0.05, 0.1) is 16.8 Å². The zero-order valence-corrected chi connectivity index (χ0v) is 14.8. The molecule has 0 spiro atoms. The summed E-state index contributed by atoms with van der Waals surface area (Å²) in [6.07, 6.45) is 1.82. The average Bonchev–Trinajstić information content (AvgIpc) is 2.55. The maximum atomic E-state index is 12.3. The van der Waals surface area contributed by atoms with Crippen LogP contribution in [0.25, 0.3) is 0 Å². The maximum absolute atomic E-state index is 12.3. The van der Waals surface area contributed by atoms with Crippen LogP contribution in [0.4, 0.5) is 0 Å². The number of hydrogen-bond acceptors (Lipinski definition) is 5. The summed E-state index contributed by atoms with van der Waals surface area (Å²) in [5.41, 5.74) is 1.12. The standard InChI is InChI=1S/C17H24N4OS/c1-13(2)15(10-18)20-6-8-21(9-7-20)17(22)12-23-16-5-4-14(3)11-19-16/h4-5,11,13,15H,6-9,12H2,1-3H3/t15-/m1/s1. The lowest BCUT2D eigenvalue weighted by Crippen LogP contribution is -2.53. The number of carbonyl (C=O) groups is 1. The zero-order valence-electron chi connectivity index (χ0n) is 14.0. The van der Waals surface area contributed by atoms with Crippen LogP contribution in [0.2, 0.25) is 0 Å². The summed E-state index contributed by atoms with van der Waals surface area (Å²) in [4.78, 5) is 20.7. The molecule has 1 amide bonds. The summed E-state index contributed by atoms with van der Waals surface area (Å²) < 4.78 is 0. The van der Waals surface area contributed by atoms with Gasteiger partial charge in [0, 0.05) is 32.4 Å². The Balaban J connectivity index is 1.79. The monoisotopic (exact) mass is 332 g/mol. The molecule has 1 fully saturated rings. The van der Waals surface area contributed by atoms with Gasteiger partial charge in [-0.05, 0) is 24.5 Å². The van der Waals surface area contributed by atoms with Crippen molar-refractivity contribution in [2.24, 2.45) is 5.92 Å². The summed E-state index contributed by atoms with van der Waals surface area (Å²) in [7, 11) is 0. The van der Waals surface area contributed by atoms with Crippen LogP contribution in [0.1, 0.15) is 19.4 Å². The van der Waals surface area contributed by atoms with Gasteiger partial charge in [0.2, 0.25) is 5.91 Å². The van der Waals surface area contributed by atoms with Crippen LogP contribution in [0.5, 0.6) is 0 Å². The SMILES string of the molecule is Cc1ccc(SCC(=O)N2CCN([C@H](C#N)C(C)C)CC2)nc1. The fourth-order valence-electron chi connectivity index (χ4n) is 2.67. The lowest BCUT2D eigenvalue weighted by Gasteiger charge is -2.38. The number of carbonyl (C=O) groups excluding carboxylic acids is 1. The Kier molecular flexibility index (Phi) is 6.43. The van der Waals surface area contributed by atoms with Crippen molar-refractivity contribution in [1.29, 1.82) is 5.26 Å². The third-order valence-corrected chi connectivity index (χ3v) is 4.98. The van der Waals surface area contributed by atoms with E-state index < -0.39 is 0 Å². The average molecular weight is 332 g/mol. The predicted octanol–water partition coefficient (Wildman–Crippen LogP) is 2.17. The largest absolute Gasteiger partial charge is 0.339 e. The van der Waals surface area contributed by atoms with Gasteiger partial charge in [-0.1, -0.05) is 31.7 Å². The Hall–Kier alpha value is -1.58. The molecule has 1 aromatic heterocycles. The molecule has 0 N–H and O–H groups in total. The summed E-state index contributed by atoms with van der Waals surface area (Å²) in [6.45, 7) is 9.08. The van der Waals surface area contributed by atoms with Gasteiger partial charge in [0.25, 0.3) is 0 Å². The van der Waals surface area contributed by atoms with E-state index in [1.165, 1.54) is 11.8 Å². The third-order valence-electron chi connectivity index (χ3n) is 4.05.